The number of rotatable bonds is 5. The molecule has 1 amide bonds. The molecule has 1 atom stereocenters. The molecule has 0 fully saturated rings. The van der Waals surface area contributed by atoms with E-state index in [-0.39, 0.29) is 11.8 Å². The molecule has 1 unspecified atom stereocenters. The number of carbonyl (C=O) groups excluding carboxylic acids is 1. The van der Waals surface area contributed by atoms with Crippen molar-refractivity contribution in [1.29, 1.82) is 0 Å². The Kier molecular flexibility index (Phi) is 5.32. The summed E-state index contributed by atoms with van der Waals surface area (Å²) in [5, 5.41) is 20.0. The summed E-state index contributed by atoms with van der Waals surface area (Å²) in [7, 11) is 0. The Morgan fingerprint density at radius 2 is 2.11 bits per heavy atom. The Bertz CT molecular complexity index is 1010. The van der Waals surface area contributed by atoms with E-state index in [4.69, 9.17) is 0 Å². The fourth-order valence-electron chi connectivity index (χ4n) is 3.42. The summed E-state index contributed by atoms with van der Waals surface area (Å²) < 4.78 is 1.69. The van der Waals surface area contributed by atoms with E-state index in [1.807, 2.05) is 55.6 Å². The van der Waals surface area contributed by atoms with Crippen LogP contribution in [-0.2, 0) is 4.79 Å². The molecule has 0 radical (unpaired) electrons. The standard InChI is InChI=1S/C20H20N4O2S2/c1-3-8-16(25)23-14-10-6-5-9-13(14)17-18(26)21-20(27-4-2)22-24(17)19(23)15-11-7-12-28-15/h5-7,9-12,19H,3-4,8H2,1-2H3. The van der Waals surface area contributed by atoms with Gasteiger partial charge in [0.1, 0.15) is 0 Å². The first-order valence-corrected chi connectivity index (χ1v) is 11.1. The minimum Gasteiger partial charge on any atom is -0.854 e. The zero-order chi connectivity index (χ0) is 19.7. The van der Waals surface area contributed by atoms with Crippen LogP contribution in [0.3, 0.4) is 0 Å². The molecule has 0 saturated heterocycles. The van der Waals surface area contributed by atoms with Crippen LogP contribution in [0.5, 0.6) is 5.88 Å². The molecule has 1 aliphatic heterocycles. The van der Waals surface area contributed by atoms with E-state index in [2.05, 4.69) is 10.1 Å². The normalized spacial score (nSPS) is 15.2. The van der Waals surface area contributed by atoms with Crippen LogP contribution in [-0.4, -0.2) is 21.7 Å². The molecule has 28 heavy (non-hydrogen) atoms. The molecule has 0 spiro atoms. The Balaban J connectivity index is 2.01. The van der Waals surface area contributed by atoms with Gasteiger partial charge in [0.25, 0.3) is 10.9 Å². The van der Waals surface area contributed by atoms with Crippen molar-refractivity contribution < 1.29 is 14.6 Å². The first-order chi connectivity index (χ1) is 13.7. The highest BCUT2D eigenvalue weighted by molar-refractivity contribution is 7.99. The lowest BCUT2D eigenvalue weighted by Crippen LogP contribution is -2.58. The van der Waals surface area contributed by atoms with E-state index >= 15 is 0 Å². The maximum Gasteiger partial charge on any atom is 0.302 e. The number of carbonyl (C=O) groups is 1. The lowest BCUT2D eigenvalue weighted by atomic mass is 10.0. The van der Waals surface area contributed by atoms with Crippen molar-refractivity contribution in [2.24, 2.45) is 0 Å². The summed E-state index contributed by atoms with van der Waals surface area (Å²) in [5.41, 5.74) is 1.85. The Labute approximate surface area is 171 Å². The summed E-state index contributed by atoms with van der Waals surface area (Å²) in [6.07, 6.45) is 0.688. The number of fused-ring (bicyclic) bond motifs is 3. The van der Waals surface area contributed by atoms with Crippen molar-refractivity contribution in [3.63, 3.8) is 0 Å². The number of thiophene rings is 1. The highest BCUT2D eigenvalue weighted by atomic mass is 32.2. The van der Waals surface area contributed by atoms with E-state index in [1.165, 1.54) is 11.8 Å². The Morgan fingerprint density at radius 1 is 1.29 bits per heavy atom. The maximum atomic E-state index is 13.2. The number of para-hydroxylation sites is 1. The molecule has 1 aliphatic rings. The molecular weight excluding hydrogens is 392 g/mol. The fraction of sp³-hybridized carbons (Fsp3) is 0.300. The fourth-order valence-corrected chi connectivity index (χ4v) is 4.77. The third-order valence-corrected chi connectivity index (χ3v) is 6.15. The van der Waals surface area contributed by atoms with Crippen molar-refractivity contribution in [3.05, 3.63) is 46.7 Å². The van der Waals surface area contributed by atoms with Crippen LogP contribution >= 0.6 is 23.1 Å². The monoisotopic (exact) mass is 412 g/mol. The van der Waals surface area contributed by atoms with Crippen LogP contribution in [0.4, 0.5) is 5.69 Å². The Morgan fingerprint density at radius 3 is 2.82 bits per heavy atom. The average Bonchev–Trinajstić information content (AvgIpc) is 3.21. The molecule has 0 aliphatic carbocycles. The molecular formula is C20H20N4O2S2. The molecule has 4 rings (SSSR count). The SMILES string of the molecule is CCCC(=O)N1c2ccccc2-c2c([O-])nc(SCC)n[n+]2C1c1cccs1. The molecule has 6 nitrogen and oxygen atoms in total. The lowest BCUT2D eigenvalue weighted by Gasteiger charge is -2.33. The van der Waals surface area contributed by atoms with Crippen LogP contribution in [0.2, 0.25) is 0 Å². The number of benzene rings is 1. The van der Waals surface area contributed by atoms with Crippen LogP contribution < -0.4 is 14.7 Å². The zero-order valence-electron chi connectivity index (χ0n) is 15.7. The van der Waals surface area contributed by atoms with Gasteiger partial charge in [-0.2, -0.15) is 0 Å². The van der Waals surface area contributed by atoms with Crippen LogP contribution in [0.15, 0.2) is 46.9 Å². The Hall–Kier alpha value is -2.45. The number of hydrogen-bond acceptors (Lipinski definition) is 6. The third kappa shape index (κ3) is 3.16. The van der Waals surface area contributed by atoms with Gasteiger partial charge in [0.05, 0.1) is 22.0 Å². The van der Waals surface area contributed by atoms with Gasteiger partial charge in [-0.05, 0) is 35.8 Å². The van der Waals surface area contributed by atoms with E-state index < -0.39 is 6.17 Å². The summed E-state index contributed by atoms with van der Waals surface area (Å²) in [5.74, 6) is 0.460. The molecule has 0 saturated carbocycles. The molecule has 144 valence electrons. The molecule has 8 heteroatoms. The van der Waals surface area contributed by atoms with Crippen molar-refractivity contribution >= 4 is 34.7 Å². The number of aromatic nitrogens is 3. The van der Waals surface area contributed by atoms with Crippen molar-refractivity contribution in [3.8, 4) is 17.1 Å². The molecule has 3 aromatic rings. The second kappa shape index (κ2) is 7.89. The summed E-state index contributed by atoms with van der Waals surface area (Å²) >= 11 is 2.97. The number of nitrogens with zero attached hydrogens (tertiary/aromatic N) is 4. The maximum absolute atomic E-state index is 13.2. The van der Waals surface area contributed by atoms with Crippen molar-refractivity contribution in [2.45, 2.75) is 38.0 Å². The van der Waals surface area contributed by atoms with E-state index in [1.54, 1.807) is 20.9 Å². The second-order valence-corrected chi connectivity index (χ2v) is 8.56. The van der Waals surface area contributed by atoms with Gasteiger partial charge in [-0.15, -0.1) is 11.3 Å². The van der Waals surface area contributed by atoms with Crippen molar-refractivity contribution in [2.75, 3.05) is 10.7 Å². The number of anilines is 1. The highest BCUT2D eigenvalue weighted by Gasteiger charge is 2.44. The predicted octanol–water partition coefficient (Wildman–Crippen LogP) is 3.37. The first kappa shape index (κ1) is 18.9. The third-order valence-electron chi connectivity index (χ3n) is 4.52. The number of amides is 1. The van der Waals surface area contributed by atoms with E-state index in [9.17, 15) is 9.90 Å². The summed E-state index contributed by atoms with van der Waals surface area (Å²) in [6, 6.07) is 11.4. The van der Waals surface area contributed by atoms with E-state index in [0.717, 1.165) is 22.7 Å². The largest absolute Gasteiger partial charge is 0.854 e. The summed E-state index contributed by atoms with van der Waals surface area (Å²) in [6.45, 7) is 3.98. The highest BCUT2D eigenvalue weighted by Crippen LogP contribution is 2.41. The van der Waals surface area contributed by atoms with Gasteiger partial charge in [-0.3, -0.25) is 4.79 Å². The molecule has 0 N–H and O–H groups in total. The van der Waals surface area contributed by atoms with Gasteiger partial charge in [0.2, 0.25) is 5.91 Å². The molecule has 2 aromatic heterocycles. The lowest BCUT2D eigenvalue weighted by molar-refractivity contribution is -0.763. The zero-order valence-corrected chi connectivity index (χ0v) is 17.3. The van der Waals surface area contributed by atoms with Gasteiger partial charge in [0.15, 0.2) is 0 Å². The number of thioether (sulfide) groups is 1. The van der Waals surface area contributed by atoms with Gasteiger partial charge in [-0.1, -0.05) is 48.5 Å². The molecule has 0 bridgehead atoms. The van der Waals surface area contributed by atoms with Crippen LogP contribution in [0, 0.1) is 0 Å². The van der Waals surface area contributed by atoms with Gasteiger partial charge >= 0.3 is 6.17 Å². The predicted molar refractivity (Wildman–Crippen MR) is 108 cm³/mol. The molecule has 1 aromatic carbocycles. The first-order valence-electron chi connectivity index (χ1n) is 9.24. The van der Waals surface area contributed by atoms with Crippen molar-refractivity contribution in [1.82, 2.24) is 10.1 Å². The molecule has 3 heterocycles. The van der Waals surface area contributed by atoms with Crippen LogP contribution in [0.25, 0.3) is 11.3 Å². The average molecular weight is 413 g/mol. The van der Waals surface area contributed by atoms with E-state index in [0.29, 0.717) is 22.8 Å². The topological polar surface area (TPSA) is 73.0 Å². The van der Waals surface area contributed by atoms with Gasteiger partial charge < -0.3 is 5.11 Å². The minimum absolute atomic E-state index is 0.0160. The second-order valence-electron chi connectivity index (χ2n) is 6.35. The smallest absolute Gasteiger partial charge is 0.302 e. The van der Waals surface area contributed by atoms with Gasteiger partial charge in [0, 0.05) is 11.5 Å². The van der Waals surface area contributed by atoms with Crippen LogP contribution in [0.1, 0.15) is 37.7 Å². The van der Waals surface area contributed by atoms with Gasteiger partial charge in [-0.25, -0.2) is 9.88 Å². The quantitative estimate of drug-likeness (QED) is 0.475. The summed E-state index contributed by atoms with van der Waals surface area (Å²) in [4.78, 5) is 20.1. The number of hydrogen-bond donors (Lipinski definition) is 0. The minimum atomic E-state index is -0.490.